The largest absolute Gasteiger partial charge is 0.324 e. The van der Waals surface area contributed by atoms with Gasteiger partial charge in [0.15, 0.2) is 0 Å². The van der Waals surface area contributed by atoms with Crippen molar-refractivity contribution < 1.29 is 19.7 Å². The Labute approximate surface area is 123 Å². The van der Waals surface area contributed by atoms with Crippen molar-refractivity contribution in [2.45, 2.75) is 25.7 Å². The number of unbranched alkanes of at least 4 members (excludes halogenated alkanes) is 1. The molecule has 3 N–H and O–H groups in total. The number of thiophene rings is 1. The molecule has 0 saturated heterocycles. The summed E-state index contributed by atoms with van der Waals surface area (Å²) in [6.07, 6.45) is 2.63. The molecule has 0 aliphatic carbocycles. The Balaban J connectivity index is 2.24. The average Bonchev–Trinajstić information content (AvgIpc) is 2.92. The van der Waals surface area contributed by atoms with Crippen LogP contribution in [0.2, 0.25) is 0 Å². The second-order valence-electron chi connectivity index (χ2n) is 3.97. The lowest BCUT2D eigenvalue weighted by atomic mass is 10.2. The molecule has 0 spiro atoms. The number of hydrogen-bond donors (Lipinski definition) is 3. The van der Waals surface area contributed by atoms with Crippen LogP contribution in [0.3, 0.4) is 0 Å². The van der Waals surface area contributed by atoms with E-state index in [2.05, 4.69) is 10.5 Å². The lowest BCUT2D eigenvalue weighted by Crippen LogP contribution is -2.19. The maximum atomic E-state index is 11.4. The predicted molar refractivity (Wildman–Crippen MR) is 75.1 cm³/mol. The van der Waals surface area contributed by atoms with Crippen LogP contribution in [0.1, 0.15) is 30.6 Å². The van der Waals surface area contributed by atoms with Crippen molar-refractivity contribution in [3.63, 3.8) is 0 Å². The number of rotatable bonds is 8. The Kier molecular flexibility index (Phi) is 6.98. The number of nitro groups is 1. The molecule has 0 unspecified atom stereocenters. The third kappa shape index (κ3) is 6.58. The summed E-state index contributed by atoms with van der Waals surface area (Å²) < 4.78 is 0. The molecule has 0 radical (unpaired) electrons. The predicted octanol–water partition coefficient (Wildman–Crippen LogP) is 1.17. The molecule has 0 saturated carbocycles. The zero-order chi connectivity index (χ0) is 15.7. The van der Waals surface area contributed by atoms with Gasteiger partial charge in [-0.3, -0.25) is 24.9 Å². The molecule has 10 heteroatoms. The van der Waals surface area contributed by atoms with Crippen LogP contribution in [0.5, 0.6) is 0 Å². The minimum Gasteiger partial charge on any atom is -0.289 e. The molecule has 9 nitrogen and oxygen atoms in total. The van der Waals surface area contributed by atoms with Gasteiger partial charge in [-0.05, 0) is 18.9 Å². The van der Waals surface area contributed by atoms with Gasteiger partial charge >= 0.3 is 5.00 Å². The summed E-state index contributed by atoms with van der Waals surface area (Å²) >= 11 is 0.952. The van der Waals surface area contributed by atoms with Crippen LogP contribution < -0.4 is 10.9 Å². The van der Waals surface area contributed by atoms with Crippen LogP contribution in [0.4, 0.5) is 5.00 Å². The monoisotopic (exact) mass is 314 g/mol. The summed E-state index contributed by atoms with van der Waals surface area (Å²) in [5.41, 5.74) is 3.79. The van der Waals surface area contributed by atoms with Crippen LogP contribution in [-0.4, -0.2) is 28.2 Å². The zero-order valence-electron chi connectivity index (χ0n) is 10.9. The van der Waals surface area contributed by atoms with Crippen molar-refractivity contribution in [2.24, 2.45) is 5.10 Å². The third-order valence-corrected chi connectivity index (χ3v) is 3.33. The number of nitrogens with one attached hydrogen (secondary N) is 2. The minimum absolute atomic E-state index is 0.00457. The number of carbonyl (C=O) groups is 2. The quantitative estimate of drug-likeness (QED) is 0.218. The first-order valence-corrected chi connectivity index (χ1v) is 6.83. The van der Waals surface area contributed by atoms with Crippen molar-refractivity contribution in [3.05, 3.63) is 27.1 Å². The smallest absolute Gasteiger partial charge is 0.289 e. The third-order valence-electron chi connectivity index (χ3n) is 2.36. The highest BCUT2D eigenvalue weighted by atomic mass is 32.1. The van der Waals surface area contributed by atoms with E-state index in [0.29, 0.717) is 17.7 Å². The van der Waals surface area contributed by atoms with Crippen LogP contribution in [-0.2, 0) is 9.59 Å². The van der Waals surface area contributed by atoms with Gasteiger partial charge in [0.2, 0.25) is 11.8 Å². The van der Waals surface area contributed by atoms with Gasteiger partial charge in [0.05, 0.1) is 16.0 Å². The number of hydrogen-bond acceptors (Lipinski definition) is 7. The average molecular weight is 314 g/mol. The minimum atomic E-state index is -0.497. The van der Waals surface area contributed by atoms with Crippen LogP contribution in [0, 0.1) is 10.1 Å². The van der Waals surface area contributed by atoms with Crippen molar-refractivity contribution >= 4 is 34.4 Å². The summed E-state index contributed by atoms with van der Waals surface area (Å²) in [5, 5.41) is 22.4. The maximum absolute atomic E-state index is 11.4. The molecule has 1 heterocycles. The molecule has 2 amide bonds. The van der Waals surface area contributed by atoms with Crippen molar-refractivity contribution in [2.75, 3.05) is 0 Å². The molecule has 21 heavy (non-hydrogen) atoms. The lowest BCUT2D eigenvalue weighted by Gasteiger charge is -1.99. The first-order valence-electron chi connectivity index (χ1n) is 6.02. The molecule has 0 aliphatic heterocycles. The number of carbonyl (C=O) groups excluding carboxylic acids is 2. The summed E-state index contributed by atoms with van der Waals surface area (Å²) in [6, 6.07) is 2.89. The van der Waals surface area contributed by atoms with E-state index in [1.807, 2.05) is 0 Å². The molecule has 0 aliphatic rings. The van der Waals surface area contributed by atoms with Gasteiger partial charge in [-0.1, -0.05) is 11.3 Å². The normalized spacial score (nSPS) is 10.5. The molecule has 0 aromatic carbocycles. The van der Waals surface area contributed by atoms with E-state index in [4.69, 9.17) is 5.21 Å². The van der Waals surface area contributed by atoms with Gasteiger partial charge in [-0.25, -0.2) is 10.9 Å². The number of amides is 2. The fraction of sp³-hybridized carbons (Fsp3) is 0.364. The molecule has 0 atom stereocenters. The molecule has 0 fully saturated rings. The molecular weight excluding hydrogens is 300 g/mol. The van der Waals surface area contributed by atoms with Gasteiger partial charge in [0, 0.05) is 18.9 Å². The highest BCUT2D eigenvalue weighted by Gasteiger charge is 2.08. The zero-order valence-corrected chi connectivity index (χ0v) is 11.8. The van der Waals surface area contributed by atoms with Gasteiger partial charge in [0.25, 0.3) is 0 Å². The second-order valence-corrected chi connectivity index (χ2v) is 5.06. The van der Waals surface area contributed by atoms with Gasteiger partial charge in [0.1, 0.15) is 0 Å². The van der Waals surface area contributed by atoms with Crippen LogP contribution in [0.25, 0.3) is 0 Å². The molecule has 114 valence electrons. The molecule has 1 aromatic rings. The van der Waals surface area contributed by atoms with E-state index in [9.17, 15) is 19.7 Å². The highest BCUT2D eigenvalue weighted by molar-refractivity contribution is 7.16. The second kappa shape index (κ2) is 8.76. The summed E-state index contributed by atoms with van der Waals surface area (Å²) in [5.74, 6) is -0.811. The molecule has 1 rings (SSSR count). The van der Waals surface area contributed by atoms with Crippen molar-refractivity contribution in [1.82, 2.24) is 10.9 Å². The Morgan fingerprint density at radius 2 is 2.00 bits per heavy atom. The van der Waals surface area contributed by atoms with Crippen LogP contribution in [0.15, 0.2) is 17.2 Å². The van der Waals surface area contributed by atoms with Crippen molar-refractivity contribution in [1.29, 1.82) is 0 Å². The van der Waals surface area contributed by atoms with Crippen molar-refractivity contribution in [3.8, 4) is 0 Å². The fourth-order valence-corrected chi connectivity index (χ4v) is 2.05. The summed E-state index contributed by atoms with van der Waals surface area (Å²) in [6.45, 7) is 0. The Hall–Kier alpha value is -2.33. The number of hydroxylamine groups is 1. The Morgan fingerprint density at radius 3 is 2.57 bits per heavy atom. The number of nitrogens with zero attached hydrogens (tertiary/aromatic N) is 2. The fourth-order valence-electron chi connectivity index (χ4n) is 1.36. The van der Waals surface area contributed by atoms with E-state index in [1.54, 1.807) is 0 Å². The van der Waals surface area contributed by atoms with Gasteiger partial charge in [-0.2, -0.15) is 5.10 Å². The van der Waals surface area contributed by atoms with Crippen LogP contribution >= 0.6 is 11.3 Å². The van der Waals surface area contributed by atoms with E-state index >= 15 is 0 Å². The Morgan fingerprint density at radius 1 is 1.33 bits per heavy atom. The lowest BCUT2D eigenvalue weighted by molar-refractivity contribution is -0.380. The maximum Gasteiger partial charge on any atom is 0.324 e. The first-order chi connectivity index (χ1) is 10.0. The molecule has 0 bridgehead atoms. The molecular formula is C11H14N4O5S. The molecule has 1 aromatic heterocycles. The summed E-state index contributed by atoms with van der Waals surface area (Å²) in [4.78, 5) is 32.6. The van der Waals surface area contributed by atoms with Gasteiger partial charge < -0.3 is 0 Å². The SMILES string of the molecule is O=C(CCCCC(=O)N/N=C/c1ccc([N+](=O)[O-])s1)NO. The van der Waals surface area contributed by atoms with E-state index < -0.39 is 10.8 Å². The first kappa shape index (κ1) is 16.7. The van der Waals surface area contributed by atoms with E-state index in [-0.39, 0.29) is 23.7 Å². The topological polar surface area (TPSA) is 134 Å². The summed E-state index contributed by atoms with van der Waals surface area (Å²) in [7, 11) is 0. The van der Waals surface area contributed by atoms with Gasteiger partial charge in [-0.15, -0.1) is 0 Å². The van der Waals surface area contributed by atoms with E-state index in [1.165, 1.54) is 23.8 Å². The van der Waals surface area contributed by atoms with E-state index in [0.717, 1.165) is 11.3 Å². The standard InChI is InChI=1S/C11H14N4O5S/c16-9(3-1-2-4-10(17)14-18)13-12-7-8-5-6-11(21-8)15(19)20/h5-7,18H,1-4H2,(H,13,16)(H,14,17)/b12-7+. The highest BCUT2D eigenvalue weighted by Crippen LogP contribution is 2.22. The Bertz CT molecular complexity index is 542. The number of hydrazone groups is 1.